The summed E-state index contributed by atoms with van der Waals surface area (Å²) in [6.07, 6.45) is 0.0494. The van der Waals surface area contributed by atoms with Gasteiger partial charge in [0.05, 0.1) is 12.6 Å². The zero-order valence-electron chi connectivity index (χ0n) is 11.3. The Kier molecular flexibility index (Phi) is 6.16. The van der Waals surface area contributed by atoms with Crippen LogP contribution in [0.1, 0.15) is 41.0 Å². The van der Waals surface area contributed by atoms with Crippen molar-refractivity contribution in [3.63, 3.8) is 0 Å². The molecule has 0 radical (unpaired) electrons. The van der Waals surface area contributed by atoms with Crippen molar-refractivity contribution in [3.8, 4) is 0 Å². The summed E-state index contributed by atoms with van der Waals surface area (Å²) in [6, 6.07) is -0.103. The van der Waals surface area contributed by atoms with Crippen LogP contribution in [0, 0.1) is 5.41 Å². The lowest BCUT2D eigenvalue weighted by molar-refractivity contribution is -0.131. The summed E-state index contributed by atoms with van der Waals surface area (Å²) in [6.45, 7) is 8.82. The van der Waals surface area contributed by atoms with Gasteiger partial charge in [-0.1, -0.05) is 20.8 Å². The van der Waals surface area contributed by atoms with E-state index in [4.69, 9.17) is 5.11 Å². The van der Waals surface area contributed by atoms with Gasteiger partial charge < -0.3 is 15.7 Å². The van der Waals surface area contributed by atoms with Crippen molar-refractivity contribution < 1.29 is 14.7 Å². The molecule has 0 saturated heterocycles. The summed E-state index contributed by atoms with van der Waals surface area (Å²) in [7, 11) is 0. The Hall–Kier alpha value is -1.10. The van der Waals surface area contributed by atoms with Gasteiger partial charge in [-0.05, 0) is 20.3 Å². The molecule has 100 valence electrons. The molecule has 5 heteroatoms. The molecule has 0 aromatic rings. The SMILES string of the molecule is CC(O)CC(C)NC(=O)CNC(=O)C(C)(C)C. The lowest BCUT2D eigenvalue weighted by Crippen LogP contribution is -2.44. The van der Waals surface area contributed by atoms with Gasteiger partial charge >= 0.3 is 0 Å². The highest BCUT2D eigenvalue weighted by Gasteiger charge is 2.21. The number of rotatable bonds is 5. The van der Waals surface area contributed by atoms with Gasteiger partial charge in [0, 0.05) is 11.5 Å². The van der Waals surface area contributed by atoms with Crippen LogP contribution in [-0.4, -0.2) is 35.6 Å². The molecule has 0 aromatic heterocycles. The highest BCUT2D eigenvalue weighted by Crippen LogP contribution is 2.11. The Balaban J connectivity index is 3.92. The number of nitrogens with one attached hydrogen (secondary N) is 2. The van der Waals surface area contributed by atoms with E-state index >= 15 is 0 Å². The zero-order chi connectivity index (χ0) is 13.6. The Bertz CT molecular complexity index is 269. The molecule has 0 spiro atoms. The maximum atomic E-state index is 11.5. The van der Waals surface area contributed by atoms with Crippen LogP contribution in [0.25, 0.3) is 0 Å². The van der Waals surface area contributed by atoms with Crippen molar-refractivity contribution in [3.05, 3.63) is 0 Å². The van der Waals surface area contributed by atoms with Crippen LogP contribution in [0.5, 0.6) is 0 Å². The first-order chi connectivity index (χ1) is 7.62. The average molecular weight is 244 g/mol. The molecular weight excluding hydrogens is 220 g/mol. The molecule has 0 aliphatic carbocycles. The molecular formula is C12H24N2O3. The Labute approximate surface area is 103 Å². The van der Waals surface area contributed by atoms with Crippen molar-refractivity contribution in [2.24, 2.45) is 5.41 Å². The van der Waals surface area contributed by atoms with Crippen molar-refractivity contribution in [1.29, 1.82) is 0 Å². The molecule has 0 heterocycles. The molecule has 2 amide bonds. The molecule has 0 aliphatic heterocycles. The Morgan fingerprint density at radius 1 is 1.24 bits per heavy atom. The standard InChI is InChI=1S/C12H24N2O3/c1-8(6-9(2)15)14-10(16)7-13-11(17)12(3,4)5/h8-9,15H,6-7H2,1-5H3,(H,13,17)(H,14,16). The van der Waals surface area contributed by atoms with E-state index in [1.165, 1.54) is 0 Å². The van der Waals surface area contributed by atoms with E-state index in [1.54, 1.807) is 27.7 Å². The highest BCUT2D eigenvalue weighted by atomic mass is 16.3. The number of aliphatic hydroxyl groups excluding tert-OH is 1. The molecule has 2 unspecified atom stereocenters. The van der Waals surface area contributed by atoms with E-state index in [1.807, 2.05) is 6.92 Å². The zero-order valence-corrected chi connectivity index (χ0v) is 11.3. The summed E-state index contributed by atoms with van der Waals surface area (Å²) in [5, 5.41) is 14.4. The predicted octanol–water partition coefficient (Wildman–Crippen LogP) is 0.424. The summed E-state index contributed by atoms with van der Waals surface area (Å²) >= 11 is 0. The summed E-state index contributed by atoms with van der Waals surface area (Å²) < 4.78 is 0. The third-order valence-corrected chi connectivity index (χ3v) is 2.19. The van der Waals surface area contributed by atoms with Gasteiger partial charge in [0.15, 0.2) is 0 Å². The topological polar surface area (TPSA) is 78.4 Å². The summed E-state index contributed by atoms with van der Waals surface area (Å²) in [5.41, 5.74) is -0.495. The number of hydrogen-bond donors (Lipinski definition) is 3. The number of carbonyl (C=O) groups is 2. The van der Waals surface area contributed by atoms with Gasteiger partial charge in [-0.3, -0.25) is 9.59 Å². The van der Waals surface area contributed by atoms with Gasteiger partial charge in [-0.25, -0.2) is 0 Å². The van der Waals surface area contributed by atoms with Crippen LogP contribution in [0.4, 0.5) is 0 Å². The second-order valence-corrected chi connectivity index (χ2v) is 5.49. The molecule has 0 rings (SSSR count). The van der Waals surface area contributed by atoms with E-state index < -0.39 is 11.5 Å². The molecule has 0 saturated carbocycles. The second kappa shape index (κ2) is 6.59. The number of amides is 2. The van der Waals surface area contributed by atoms with Gasteiger partial charge in [0.2, 0.25) is 11.8 Å². The Morgan fingerprint density at radius 3 is 2.18 bits per heavy atom. The van der Waals surface area contributed by atoms with E-state index in [0.717, 1.165) is 0 Å². The molecule has 2 atom stereocenters. The summed E-state index contributed by atoms with van der Waals surface area (Å²) in [5.74, 6) is -0.397. The van der Waals surface area contributed by atoms with Gasteiger partial charge in [0.1, 0.15) is 0 Å². The number of hydrogen-bond acceptors (Lipinski definition) is 3. The molecule has 5 nitrogen and oxygen atoms in total. The predicted molar refractivity (Wildman–Crippen MR) is 66.4 cm³/mol. The molecule has 0 aromatic carbocycles. The van der Waals surface area contributed by atoms with E-state index in [2.05, 4.69) is 10.6 Å². The van der Waals surface area contributed by atoms with Gasteiger partial charge in [0.25, 0.3) is 0 Å². The molecule has 17 heavy (non-hydrogen) atoms. The third-order valence-electron chi connectivity index (χ3n) is 2.19. The van der Waals surface area contributed by atoms with Crippen LogP contribution in [0.2, 0.25) is 0 Å². The lowest BCUT2D eigenvalue weighted by atomic mass is 9.96. The van der Waals surface area contributed by atoms with Crippen LogP contribution >= 0.6 is 0 Å². The number of aliphatic hydroxyl groups is 1. The van der Waals surface area contributed by atoms with Gasteiger partial charge in [-0.15, -0.1) is 0 Å². The van der Waals surface area contributed by atoms with E-state index in [0.29, 0.717) is 6.42 Å². The first kappa shape index (κ1) is 15.9. The fraction of sp³-hybridized carbons (Fsp3) is 0.833. The minimum atomic E-state index is -0.495. The van der Waals surface area contributed by atoms with Gasteiger partial charge in [-0.2, -0.15) is 0 Å². The van der Waals surface area contributed by atoms with Crippen LogP contribution in [0.3, 0.4) is 0 Å². The highest BCUT2D eigenvalue weighted by molar-refractivity contribution is 5.87. The first-order valence-electron chi connectivity index (χ1n) is 5.88. The number of carbonyl (C=O) groups excluding carboxylic acids is 2. The molecule has 0 fully saturated rings. The van der Waals surface area contributed by atoms with E-state index in [9.17, 15) is 9.59 Å². The largest absolute Gasteiger partial charge is 0.393 e. The van der Waals surface area contributed by atoms with E-state index in [-0.39, 0.29) is 24.4 Å². The van der Waals surface area contributed by atoms with Crippen molar-refractivity contribution in [1.82, 2.24) is 10.6 Å². The second-order valence-electron chi connectivity index (χ2n) is 5.49. The van der Waals surface area contributed by atoms with Crippen molar-refractivity contribution >= 4 is 11.8 Å². The van der Waals surface area contributed by atoms with Crippen LogP contribution in [0.15, 0.2) is 0 Å². The smallest absolute Gasteiger partial charge is 0.239 e. The fourth-order valence-electron chi connectivity index (χ4n) is 1.32. The minimum Gasteiger partial charge on any atom is -0.393 e. The molecule has 0 aliphatic rings. The van der Waals surface area contributed by atoms with Crippen LogP contribution in [-0.2, 0) is 9.59 Å². The molecule has 3 N–H and O–H groups in total. The lowest BCUT2D eigenvalue weighted by Gasteiger charge is -2.19. The van der Waals surface area contributed by atoms with Crippen molar-refractivity contribution in [2.75, 3.05) is 6.54 Å². The summed E-state index contributed by atoms with van der Waals surface area (Å²) in [4.78, 5) is 23.0. The van der Waals surface area contributed by atoms with Crippen LogP contribution < -0.4 is 10.6 Å². The normalized spacial score (nSPS) is 14.9. The maximum Gasteiger partial charge on any atom is 0.239 e. The first-order valence-corrected chi connectivity index (χ1v) is 5.88. The fourth-order valence-corrected chi connectivity index (χ4v) is 1.32. The Morgan fingerprint density at radius 2 is 1.76 bits per heavy atom. The molecule has 0 bridgehead atoms. The maximum absolute atomic E-state index is 11.5. The van der Waals surface area contributed by atoms with Crippen molar-refractivity contribution in [2.45, 2.75) is 53.2 Å². The quantitative estimate of drug-likeness (QED) is 0.656. The third kappa shape index (κ3) is 7.74. The average Bonchev–Trinajstić information content (AvgIpc) is 2.10. The monoisotopic (exact) mass is 244 g/mol. The minimum absolute atomic E-state index is 0.0275.